The zero-order valence-electron chi connectivity index (χ0n) is 7.27. The van der Waals surface area contributed by atoms with Crippen LogP contribution >= 0.6 is 0 Å². The zero-order chi connectivity index (χ0) is 9.61. The number of hydrogen-bond acceptors (Lipinski definition) is 5. The van der Waals surface area contributed by atoms with E-state index in [1.807, 2.05) is 25.3 Å². The van der Waals surface area contributed by atoms with Gasteiger partial charge in [0, 0.05) is 12.4 Å². The fraction of sp³-hybridized carbons (Fsp3) is 0.167. The second-order valence-electron chi connectivity index (χ2n) is 1.91. The number of aromatic nitrogens is 1. The first-order valence-corrected chi connectivity index (χ1v) is 4.81. The van der Waals surface area contributed by atoms with Crippen LogP contribution in [0, 0.1) is 6.92 Å². The van der Waals surface area contributed by atoms with E-state index < -0.39 is 13.0 Å². The number of nitrogens with zero attached hydrogens (tertiary/aromatic N) is 1. The molecule has 0 amide bonds. The van der Waals surface area contributed by atoms with Gasteiger partial charge in [-0.25, -0.2) is 0 Å². The van der Waals surface area contributed by atoms with Crippen LogP contribution in [0.25, 0.3) is 0 Å². The number of pyridine rings is 1. The van der Waals surface area contributed by atoms with Crippen molar-refractivity contribution in [3.05, 3.63) is 30.1 Å². The zero-order valence-corrected chi connectivity index (χ0v) is 11.6. The van der Waals surface area contributed by atoms with Crippen molar-refractivity contribution < 1.29 is 80.0 Å². The summed E-state index contributed by atoms with van der Waals surface area (Å²) in [5.41, 5.74) is 1.21. The molecule has 0 aliphatic rings. The molecule has 13 heavy (non-hydrogen) atoms. The Labute approximate surface area is 120 Å². The van der Waals surface area contributed by atoms with Crippen molar-refractivity contribution >= 4 is 0 Å². The van der Waals surface area contributed by atoms with E-state index in [2.05, 4.69) is 4.98 Å². The second-order valence-corrected chi connectivity index (χ2v) is 3.09. The van der Waals surface area contributed by atoms with E-state index in [1.54, 1.807) is 6.20 Å². The van der Waals surface area contributed by atoms with Gasteiger partial charge < -0.3 is 0 Å². The third-order valence-corrected chi connectivity index (χ3v) is 0.809. The first-order chi connectivity index (χ1) is 5.39. The minimum absolute atomic E-state index is 0. The van der Waals surface area contributed by atoms with Gasteiger partial charge in [-0.1, -0.05) is 6.07 Å². The van der Waals surface area contributed by atoms with Gasteiger partial charge >= 0.3 is 80.0 Å². The molecule has 0 aromatic carbocycles. The van der Waals surface area contributed by atoms with Gasteiger partial charge in [0.25, 0.3) is 0 Å². The summed E-state index contributed by atoms with van der Waals surface area (Å²) in [6.07, 6.45) is 3.60. The molecular formula is C6H7KMnNO4. The fourth-order valence-electron chi connectivity index (χ4n) is 0.448. The number of hydrogen-bond donors (Lipinski definition) is 0. The van der Waals surface area contributed by atoms with Gasteiger partial charge in [-0.05, 0) is 18.6 Å². The van der Waals surface area contributed by atoms with E-state index in [-0.39, 0.29) is 51.4 Å². The van der Waals surface area contributed by atoms with E-state index >= 15 is 0 Å². The Hall–Kier alpha value is 0.666. The first kappa shape index (κ1) is 16.1. The summed E-state index contributed by atoms with van der Waals surface area (Å²) >= 11 is -5.62. The molecule has 0 N–H and O–H groups in total. The topological polar surface area (TPSA) is 87.2 Å². The fourth-order valence-corrected chi connectivity index (χ4v) is 0.448. The monoisotopic (exact) mass is 251 g/mol. The van der Waals surface area contributed by atoms with Crippen LogP contribution in [-0.4, -0.2) is 4.98 Å². The normalized spacial score (nSPS) is 9.08. The molecule has 0 atom stereocenters. The molecule has 1 aromatic rings. The number of rotatable bonds is 0. The molecule has 0 aliphatic heterocycles. The van der Waals surface area contributed by atoms with Crippen molar-refractivity contribution in [3.63, 3.8) is 0 Å². The Kier molecular flexibility index (Phi) is 9.93. The summed E-state index contributed by atoms with van der Waals surface area (Å²) in [6.45, 7) is 2.02. The van der Waals surface area contributed by atoms with Gasteiger partial charge in [-0.3, -0.25) is 4.98 Å². The van der Waals surface area contributed by atoms with Crippen molar-refractivity contribution in [2.75, 3.05) is 0 Å². The van der Waals surface area contributed by atoms with Crippen LogP contribution in [0.5, 0.6) is 0 Å². The van der Waals surface area contributed by atoms with Crippen LogP contribution in [0.3, 0.4) is 0 Å². The van der Waals surface area contributed by atoms with Gasteiger partial charge in [0.2, 0.25) is 0 Å². The van der Waals surface area contributed by atoms with E-state index in [0.29, 0.717) is 0 Å². The van der Waals surface area contributed by atoms with Gasteiger partial charge in [0.15, 0.2) is 0 Å². The molecule has 1 aromatic heterocycles. The predicted octanol–water partition coefficient (Wildman–Crippen LogP) is -3.15. The summed E-state index contributed by atoms with van der Waals surface area (Å²) in [5, 5.41) is 0. The molecule has 0 spiro atoms. The van der Waals surface area contributed by atoms with Crippen LogP contribution < -0.4 is 55.6 Å². The van der Waals surface area contributed by atoms with Crippen LogP contribution in [0.4, 0.5) is 0 Å². The first-order valence-electron chi connectivity index (χ1n) is 2.88. The Morgan fingerprint density at radius 1 is 1.38 bits per heavy atom. The predicted molar refractivity (Wildman–Crippen MR) is 31.0 cm³/mol. The van der Waals surface area contributed by atoms with Crippen molar-refractivity contribution in [2.24, 2.45) is 0 Å². The molecule has 0 radical (unpaired) electrons. The van der Waals surface area contributed by atoms with Crippen LogP contribution in [0.1, 0.15) is 5.56 Å². The molecule has 0 saturated heterocycles. The van der Waals surface area contributed by atoms with E-state index in [0.717, 1.165) is 0 Å². The van der Waals surface area contributed by atoms with Gasteiger partial charge in [0.05, 0.1) is 0 Å². The maximum atomic E-state index is 8.58. The van der Waals surface area contributed by atoms with Crippen molar-refractivity contribution in [3.8, 4) is 0 Å². The van der Waals surface area contributed by atoms with Crippen LogP contribution in [-0.2, 0) is 24.5 Å². The molecular weight excluding hydrogens is 244 g/mol. The average molecular weight is 251 g/mol. The molecule has 1 rings (SSSR count). The van der Waals surface area contributed by atoms with E-state index in [9.17, 15) is 0 Å². The summed E-state index contributed by atoms with van der Waals surface area (Å²) < 4.78 is 34.3. The molecule has 1 heterocycles. The van der Waals surface area contributed by atoms with E-state index in [1.165, 1.54) is 5.56 Å². The molecule has 68 valence electrons. The van der Waals surface area contributed by atoms with Gasteiger partial charge in [-0.2, -0.15) is 0 Å². The molecule has 0 fully saturated rings. The Balaban J connectivity index is 0. The van der Waals surface area contributed by atoms with Crippen LogP contribution in [0.15, 0.2) is 24.5 Å². The molecule has 5 nitrogen and oxygen atoms in total. The third kappa shape index (κ3) is 19.2. The number of aryl methyl sites for hydroxylation is 1. The average Bonchev–Trinajstić information content (AvgIpc) is 1.85. The standard InChI is InChI=1S/C6H7N.K.Mn.4O/c1-6-3-2-4-7-5-6;;;;;;/h2-5H,1H3;;;;;;/q;+1;;;;;-1. The van der Waals surface area contributed by atoms with Gasteiger partial charge in [0.1, 0.15) is 0 Å². The second kappa shape index (κ2) is 8.01. The molecule has 7 heteroatoms. The Morgan fingerprint density at radius 3 is 2.00 bits per heavy atom. The van der Waals surface area contributed by atoms with Crippen LogP contribution in [0.2, 0.25) is 0 Å². The minimum atomic E-state index is -5.62. The van der Waals surface area contributed by atoms with Crippen molar-refractivity contribution in [2.45, 2.75) is 6.92 Å². The molecule has 0 aliphatic carbocycles. The van der Waals surface area contributed by atoms with Crippen molar-refractivity contribution in [1.29, 1.82) is 0 Å². The third-order valence-electron chi connectivity index (χ3n) is 0.809. The Morgan fingerprint density at radius 2 is 1.85 bits per heavy atom. The summed E-state index contributed by atoms with van der Waals surface area (Å²) in [7, 11) is 0. The molecule has 0 bridgehead atoms. The molecule has 0 unspecified atom stereocenters. The summed E-state index contributed by atoms with van der Waals surface area (Å²) in [6, 6.07) is 3.95. The maximum absolute atomic E-state index is 8.58. The SMILES string of the molecule is Cc1cccnc1.[K+].[O]=[Mn](=[O])(=[O])[O-]. The summed E-state index contributed by atoms with van der Waals surface area (Å²) in [5.74, 6) is 0. The quantitative estimate of drug-likeness (QED) is 0.454. The van der Waals surface area contributed by atoms with E-state index in [4.69, 9.17) is 15.7 Å². The Bertz CT molecular complexity index is 355. The molecule has 0 saturated carbocycles. The van der Waals surface area contributed by atoms with Gasteiger partial charge in [-0.15, -0.1) is 0 Å². The van der Waals surface area contributed by atoms with Crippen molar-refractivity contribution in [1.82, 2.24) is 4.98 Å². The summed E-state index contributed by atoms with van der Waals surface area (Å²) in [4.78, 5) is 3.88.